The van der Waals surface area contributed by atoms with Crippen LogP contribution in [0, 0.1) is 11.6 Å². The van der Waals surface area contributed by atoms with E-state index in [9.17, 15) is 8.78 Å². The highest BCUT2D eigenvalue weighted by Gasteiger charge is 2.35. The normalized spacial score (nSPS) is 24.9. The van der Waals surface area contributed by atoms with Gasteiger partial charge in [0.1, 0.15) is 5.60 Å². The topological polar surface area (TPSA) is 41.5 Å². The maximum Gasteiger partial charge on any atom is 0.159 e. The van der Waals surface area contributed by atoms with Crippen LogP contribution in [0.3, 0.4) is 0 Å². The summed E-state index contributed by atoms with van der Waals surface area (Å²) in [7, 11) is 0. The van der Waals surface area contributed by atoms with Crippen molar-refractivity contribution in [2.24, 2.45) is 0 Å². The Morgan fingerprint density at radius 1 is 1.35 bits per heavy atom. The van der Waals surface area contributed by atoms with Crippen molar-refractivity contribution < 1.29 is 18.6 Å². The molecule has 0 aliphatic carbocycles. The van der Waals surface area contributed by atoms with Gasteiger partial charge in [-0.25, -0.2) is 8.78 Å². The zero-order valence-electron chi connectivity index (χ0n) is 9.38. The lowest BCUT2D eigenvalue weighted by Crippen LogP contribution is -2.48. The molecular weight excluding hydrogens is 228 g/mol. The van der Waals surface area contributed by atoms with Crippen LogP contribution in [-0.4, -0.2) is 31.4 Å². The first kappa shape index (κ1) is 12.4. The minimum atomic E-state index is -0.894. The lowest BCUT2D eigenvalue weighted by atomic mass is 9.89. The third-order valence-corrected chi connectivity index (χ3v) is 3.03. The molecule has 0 bridgehead atoms. The summed E-state index contributed by atoms with van der Waals surface area (Å²) in [5.74, 6) is -1.77. The van der Waals surface area contributed by atoms with E-state index in [2.05, 4.69) is 5.32 Å². The van der Waals surface area contributed by atoms with Gasteiger partial charge in [0, 0.05) is 26.1 Å². The number of hydrogen-bond acceptors (Lipinski definition) is 3. The van der Waals surface area contributed by atoms with Crippen molar-refractivity contribution in [3.63, 3.8) is 0 Å². The highest BCUT2D eigenvalue weighted by molar-refractivity contribution is 5.25. The molecule has 1 unspecified atom stereocenters. The molecule has 1 aromatic carbocycles. The lowest BCUT2D eigenvalue weighted by molar-refractivity contribution is -0.0841. The van der Waals surface area contributed by atoms with Crippen molar-refractivity contribution in [1.29, 1.82) is 0 Å². The van der Waals surface area contributed by atoms with Crippen LogP contribution in [-0.2, 0) is 10.3 Å². The fraction of sp³-hybridized carbons (Fsp3) is 0.500. The average molecular weight is 243 g/mol. The van der Waals surface area contributed by atoms with Gasteiger partial charge in [0.25, 0.3) is 0 Å². The Morgan fingerprint density at radius 2 is 2.18 bits per heavy atom. The van der Waals surface area contributed by atoms with Crippen LogP contribution in [0.4, 0.5) is 8.78 Å². The molecule has 1 heterocycles. The van der Waals surface area contributed by atoms with Crippen LogP contribution in [0.1, 0.15) is 12.0 Å². The molecule has 1 aromatic rings. The Bertz CT molecular complexity index is 387. The molecule has 0 amide bonds. The number of halogens is 2. The molecule has 2 rings (SSSR count). The first-order valence-corrected chi connectivity index (χ1v) is 5.59. The average Bonchev–Trinajstić information content (AvgIpc) is 2.34. The van der Waals surface area contributed by atoms with Crippen molar-refractivity contribution >= 4 is 0 Å². The molecule has 2 N–H and O–H groups in total. The number of aliphatic hydroxyl groups excluding tert-OH is 1. The maximum atomic E-state index is 13.2. The highest BCUT2D eigenvalue weighted by atomic mass is 19.2. The second-order valence-corrected chi connectivity index (χ2v) is 4.12. The maximum absolute atomic E-state index is 13.2. The second kappa shape index (κ2) is 5.08. The van der Waals surface area contributed by atoms with Gasteiger partial charge in [-0.15, -0.1) is 0 Å². The van der Waals surface area contributed by atoms with Crippen LogP contribution in [0.25, 0.3) is 0 Å². The zero-order chi connectivity index (χ0) is 12.3. The molecular formula is C12H15F2NO2. The minimum absolute atomic E-state index is 0.0688. The van der Waals surface area contributed by atoms with E-state index < -0.39 is 17.2 Å². The van der Waals surface area contributed by atoms with Crippen molar-refractivity contribution in [2.75, 3.05) is 26.3 Å². The quantitative estimate of drug-likeness (QED) is 0.837. The second-order valence-electron chi connectivity index (χ2n) is 4.12. The Morgan fingerprint density at radius 3 is 2.76 bits per heavy atom. The first-order chi connectivity index (χ1) is 8.18. The number of nitrogens with one attached hydrogen (secondary N) is 1. The van der Waals surface area contributed by atoms with E-state index in [1.165, 1.54) is 6.07 Å². The van der Waals surface area contributed by atoms with Crippen LogP contribution in [0.5, 0.6) is 0 Å². The third kappa shape index (κ3) is 2.46. The number of hydrogen-bond donors (Lipinski definition) is 2. The van der Waals surface area contributed by atoms with Gasteiger partial charge >= 0.3 is 0 Å². The van der Waals surface area contributed by atoms with E-state index >= 15 is 0 Å². The summed E-state index contributed by atoms with van der Waals surface area (Å²) in [5, 5.41) is 12.2. The SMILES string of the molecule is OCCC1(c2ccc(F)c(F)c2)CNCCO1. The summed E-state index contributed by atoms with van der Waals surface area (Å²) in [6, 6.07) is 3.72. The van der Waals surface area contributed by atoms with Gasteiger partial charge in [-0.1, -0.05) is 6.07 Å². The summed E-state index contributed by atoms with van der Waals surface area (Å²) in [6.07, 6.45) is 0.352. The van der Waals surface area contributed by atoms with Crippen LogP contribution in [0.15, 0.2) is 18.2 Å². The molecule has 1 atom stereocenters. The molecule has 0 aromatic heterocycles. The summed E-state index contributed by atoms with van der Waals surface area (Å²) in [6.45, 7) is 1.62. The van der Waals surface area contributed by atoms with E-state index in [0.717, 1.165) is 18.7 Å². The Labute approximate surface area is 98.4 Å². The molecule has 17 heavy (non-hydrogen) atoms. The van der Waals surface area contributed by atoms with Crippen molar-refractivity contribution in [1.82, 2.24) is 5.32 Å². The number of morpholine rings is 1. The summed E-state index contributed by atoms with van der Waals surface area (Å²) < 4.78 is 31.8. The molecule has 1 aliphatic heterocycles. The molecule has 5 heteroatoms. The number of rotatable bonds is 3. The van der Waals surface area contributed by atoms with Crippen LogP contribution < -0.4 is 5.32 Å². The molecule has 1 fully saturated rings. The van der Waals surface area contributed by atoms with E-state index in [4.69, 9.17) is 9.84 Å². The van der Waals surface area contributed by atoms with Crippen LogP contribution >= 0.6 is 0 Å². The van der Waals surface area contributed by atoms with Gasteiger partial charge < -0.3 is 15.2 Å². The predicted molar refractivity (Wildman–Crippen MR) is 58.6 cm³/mol. The van der Waals surface area contributed by atoms with Crippen LogP contribution in [0.2, 0.25) is 0 Å². The van der Waals surface area contributed by atoms with Gasteiger partial charge in [-0.2, -0.15) is 0 Å². The number of benzene rings is 1. The van der Waals surface area contributed by atoms with Crippen molar-refractivity contribution in [2.45, 2.75) is 12.0 Å². The highest BCUT2D eigenvalue weighted by Crippen LogP contribution is 2.31. The van der Waals surface area contributed by atoms with Gasteiger partial charge in [0.15, 0.2) is 11.6 Å². The van der Waals surface area contributed by atoms with Gasteiger partial charge in [-0.05, 0) is 17.7 Å². The molecule has 3 nitrogen and oxygen atoms in total. The van der Waals surface area contributed by atoms with Gasteiger partial charge in [0.05, 0.1) is 6.61 Å². The Kier molecular flexibility index (Phi) is 3.71. The van der Waals surface area contributed by atoms with E-state index in [1.807, 2.05) is 0 Å². The number of ether oxygens (including phenoxy) is 1. The standard InChI is InChI=1S/C12H15F2NO2/c13-10-2-1-9(7-11(10)14)12(3-5-16)8-15-4-6-17-12/h1-2,7,15-16H,3-6,8H2. The summed E-state index contributed by atoms with van der Waals surface area (Å²) in [4.78, 5) is 0. The fourth-order valence-corrected chi connectivity index (χ4v) is 2.11. The Balaban J connectivity index is 2.34. The zero-order valence-corrected chi connectivity index (χ0v) is 9.38. The lowest BCUT2D eigenvalue weighted by Gasteiger charge is -2.38. The van der Waals surface area contributed by atoms with E-state index in [-0.39, 0.29) is 6.61 Å². The smallest absolute Gasteiger partial charge is 0.159 e. The molecule has 0 saturated carbocycles. The van der Waals surface area contributed by atoms with E-state index in [1.54, 1.807) is 0 Å². The summed E-state index contributed by atoms with van der Waals surface area (Å²) >= 11 is 0. The summed E-state index contributed by atoms with van der Waals surface area (Å²) in [5.41, 5.74) is -0.209. The van der Waals surface area contributed by atoms with Gasteiger partial charge in [0.2, 0.25) is 0 Å². The van der Waals surface area contributed by atoms with E-state index in [0.29, 0.717) is 25.1 Å². The molecule has 94 valence electrons. The van der Waals surface area contributed by atoms with Crippen molar-refractivity contribution in [3.8, 4) is 0 Å². The first-order valence-electron chi connectivity index (χ1n) is 5.59. The molecule has 1 saturated heterocycles. The van der Waals surface area contributed by atoms with Crippen molar-refractivity contribution in [3.05, 3.63) is 35.4 Å². The monoisotopic (exact) mass is 243 g/mol. The number of aliphatic hydroxyl groups is 1. The third-order valence-electron chi connectivity index (χ3n) is 3.03. The molecule has 0 radical (unpaired) electrons. The largest absolute Gasteiger partial charge is 0.396 e. The molecule has 1 aliphatic rings. The minimum Gasteiger partial charge on any atom is -0.396 e. The predicted octanol–water partition coefficient (Wildman–Crippen LogP) is 1.16. The fourth-order valence-electron chi connectivity index (χ4n) is 2.11. The Hall–Kier alpha value is -1.04. The molecule has 0 spiro atoms. The van der Waals surface area contributed by atoms with Gasteiger partial charge in [-0.3, -0.25) is 0 Å².